The van der Waals surface area contributed by atoms with Crippen LogP contribution in [-0.4, -0.2) is 46.2 Å². The molecule has 6 heteroatoms. The molecule has 1 fully saturated rings. The van der Waals surface area contributed by atoms with Crippen molar-refractivity contribution >= 4 is 23.6 Å². The normalized spacial score (nSPS) is 18.1. The Morgan fingerprint density at radius 2 is 2.10 bits per heavy atom. The van der Waals surface area contributed by atoms with Gasteiger partial charge in [0.25, 0.3) is 0 Å². The van der Waals surface area contributed by atoms with E-state index in [4.69, 9.17) is 9.84 Å². The molecule has 108 valence electrons. The largest absolute Gasteiger partial charge is 0.493 e. The topological polar surface area (TPSA) is 66.8 Å². The van der Waals surface area contributed by atoms with Gasteiger partial charge < -0.3 is 14.7 Å². The van der Waals surface area contributed by atoms with Crippen molar-refractivity contribution < 1.29 is 19.4 Å². The second kappa shape index (κ2) is 6.65. The summed E-state index contributed by atoms with van der Waals surface area (Å²) in [4.78, 5) is 24.4. The van der Waals surface area contributed by atoms with Crippen molar-refractivity contribution in [1.82, 2.24) is 4.90 Å². The molecule has 1 aliphatic heterocycles. The lowest BCUT2D eigenvalue weighted by Crippen LogP contribution is -2.42. The number of hydrogen-bond acceptors (Lipinski definition) is 4. The highest BCUT2D eigenvalue weighted by Gasteiger charge is 2.34. The minimum atomic E-state index is -0.942. The maximum absolute atomic E-state index is 12.0. The summed E-state index contributed by atoms with van der Waals surface area (Å²) < 4.78 is 5.49. The number of thioether (sulfide) groups is 1. The first kappa shape index (κ1) is 14.7. The molecule has 1 saturated heterocycles. The molecule has 0 radical (unpaired) electrons. The van der Waals surface area contributed by atoms with Gasteiger partial charge in [-0.15, -0.1) is 11.8 Å². The molecule has 1 aromatic carbocycles. The smallest absolute Gasteiger partial charge is 0.327 e. The zero-order valence-electron chi connectivity index (χ0n) is 11.2. The highest BCUT2D eigenvalue weighted by atomic mass is 32.2. The van der Waals surface area contributed by atoms with Crippen molar-refractivity contribution in [2.24, 2.45) is 0 Å². The van der Waals surface area contributed by atoms with Gasteiger partial charge in [-0.3, -0.25) is 4.79 Å². The molecule has 1 aromatic rings. The van der Waals surface area contributed by atoms with Crippen LogP contribution in [0.3, 0.4) is 0 Å². The molecule has 1 heterocycles. The number of benzene rings is 1. The van der Waals surface area contributed by atoms with Crippen LogP contribution in [0.1, 0.15) is 12.0 Å². The Kier molecular flexibility index (Phi) is 4.89. The van der Waals surface area contributed by atoms with Gasteiger partial charge in [-0.05, 0) is 19.1 Å². The van der Waals surface area contributed by atoms with E-state index in [9.17, 15) is 9.59 Å². The summed E-state index contributed by atoms with van der Waals surface area (Å²) in [5.74, 6) is 0.506. The van der Waals surface area contributed by atoms with E-state index in [1.54, 1.807) is 0 Å². The Hall–Kier alpha value is -1.69. The van der Waals surface area contributed by atoms with Gasteiger partial charge in [-0.2, -0.15) is 0 Å². The van der Waals surface area contributed by atoms with Crippen molar-refractivity contribution in [3.8, 4) is 5.75 Å². The average Bonchev–Trinajstić information content (AvgIpc) is 2.90. The van der Waals surface area contributed by atoms with Crippen LogP contribution in [0.4, 0.5) is 0 Å². The summed E-state index contributed by atoms with van der Waals surface area (Å²) in [6, 6.07) is 6.88. The number of carbonyl (C=O) groups is 2. The van der Waals surface area contributed by atoms with Gasteiger partial charge in [-0.25, -0.2) is 4.79 Å². The summed E-state index contributed by atoms with van der Waals surface area (Å²) in [6.45, 7) is 2.25. The third kappa shape index (κ3) is 3.66. The monoisotopic (exact) mass is 295 g/mol. The molecular formula is C14H17NO4S. The summed E-state index contributed by atoms with van der Waals surface area (Å²) in [5.41, 5.74) is 1.15. The van der Waals surface area contributed by atoms with Crippen molar-refractivity contribution in [2.45, 2.75) is 19.4 Å². The van der Waals surface area contributed by atoms with E-state index in [1.165, 1.54) is 16.7 Å². The molecule has 20 heavy (non-hydrogen) atoms. The molecule has 0 bridgehead atoms. The standard InChI is InChI=1S/C14H17NO4S/c1-10-2-4-11(5-3-10)19-7-6-13(16)15-9-20-8-12(15)14(17)18/h2-5,12H,6-9H2,1H3,(H,17,18)/t12-/m0/s1. The summed E-state index contributed by atoms with van der Waals surface area (Å²) in [5, 5.41) is 9.02. The molecular weight excluding hydrogens is 278 g/mol. The van der Waals surface area contributed by atoms with Gasteiger partial charge in [0.05, 0.1) is 18.9 Å². The molecule has 1 aliphatic rings. The van der Waals surface area contributed by atoms with Gasteiger partial charge in [-0.1, -0.05) is 17.7 Å². The van der Waals surface area contributed by atoms with Crippen LogP contribution in [0.25, 0.3) is 0 Å². The number of nitrogens with zero attached hydrogens (tertiary/aromatic N) is 1. The van der Waals surface area contributed by atoms with E-state index in [-0.39, 0.29) is 18.9 Å². The lowest BCUT2D eigenvalue weighted by molar-refractivity contribution is -0.147. The van der Waals surface area contributed by atoms with E-state index in [0.29, 0.717) is 17.4 Å². The lowest BCUT2D eigenvalue weighted by atomic mass is 10.2. The maximum Gasteiger partial charge on any atom is 0.327 e. The van der Waals surface area contributed by atoms with Gasteiger partial charge in [0.2, 0.25) is 5.91 Å². The minimum Gasteiger partial charge on any atom is -0.493 e. The Morgan fingerprint density at radius 3 is 2.75 bits per heavy atom. The molecule has 1 amide bonds. The van der Waals surface area contributed by atoms with Gasteiger partial charge in [0.1, 0.15) is 11.8 Å². The molecule has 0 saturated carbocycles. The zero-order chi connectivity index (χ0) is 14.5. The Bertz CT molecular complexity index is 488. The van der Waals surface area contributed by atoms with E-state index in [1.807, 2.05) is 31.2 Å². The number of aliphatic carboxylic acids is 1. The Labute approximate surface area is 121 Å². The lowest BCUT2D eigenvalue weighted by Gasteiger charge is -2.20. The number of hydrogen-bond donors (Lipinski definition) is 1. The average molecular weight is 295 g/mol. The first-order chi connectivity index (χ1) is 9.58. The van der Waals surface area contributed by atoms with Crippen LogP contribution in [-0.2, 0) is 9.59 Å². The molecule has 0 spiro atoms. The molecule has 0 unspecified atom stereocenters. The van der Waals surface area contributed by atoms with Crippen LogP contribution in [0, 0.1) is 6.92 Å². The fourth-order valence-corrected chi connectivity index (χ4v) is 3.10. The van der Waals surface area contributed by atoms with Crippen LogP contribution in [0.15, 0.2) is 24.3 Å². The number of aryl methyl sites for hydroxylation is 1. The predicted molar refractivity (Wildman–Crippen MR) is 76.9 cm³/mol. The van der Waals surface area contributed by atoms with Gasteiger partial charge >= 0.3 is 5.97 Å². The van der Waals surface area contributed by atoms with Crippen molar-refractivity contribution in [2.75, 3.05) is 18.2 Å². The molecule has 1 N–H and O–H groups in total. The third-order valence-corrected chi connectivity index (χ3v) is 4.11. The predicted octanol–water partition coefficient (Wildman–Crippen LogP) is 1.75. The molecule has 2 rings (SSSR count). The minimum absolute atomic E-state index is 0.172. The number of amides is 1. The maximum atomic E-state index is 12.0. The van der Waals surface area contributed by atoms with E-state index >= 15 is 0 Å². The third-order valence-electron chi connectivity index (χ3n) is 3.09. The summed E-state index contributed by atoms with van der Waals surface area (Å²) >= 11 is 1.46. The molecule has 5 nitrogen and oxygen atoms in total. The SMILES string of the molecule is Cc1ccc(OCCC(=O)N2CSC[C@H]2C(=O)O)cc1. The number of carboxylic acids is 1. The zero-order valence-corrected chi connectivity index (χ0v) is 12.1. The van der Waals surface area contributed by atoms with Gasteiger partial charge in [0.15, 0.2) is 0 Å². The Balaban J connectivity index is 1.80. The number of rotatable bonds is 5. The molecule has 0 aliphatic carbocycles. The number of carbonyl (C=O) groups excluding carboxylic acids is 1. The van der Waals surface area contributed by atoms with E-state index in [2.05, 4.69) is 0 Å². The van der Waals surface area contributed by atoms with Crippen LogP contribution in [0.5, 0.6) is 5.75 Å². The number of carboxylic acid groups (broad SMARTS) is 1. The van der Waals surface area contributed by atoms with Crippen molar-refractivity contribution in [3.63, 3.8) is 0 Å². The fraction of sp³-hybridized carbons (Fsp3) is 0.429. The molecule has 0 aromatic heterocycles. The quantitative estimate of drug-likeness (QED) is 0.896. The van der Waals surface area contributed by atoms with Crippen LogP contribution in [0.2, 0.25) is 0 Å². The summed E-state index contributed by atoms with van der Waals surface area (Å²) in [7, 11) is 0. The molecule has 1 atom stereocenters. The van der Waals surface area contributed by atoms with E-state index < -0.39 is 12.0 Å². The van der Waals surface area contributed by atoms with Gasteiger partial charge in [0, 0.05) is 5.75 Å². The van der Waals surface area contributed by atoms with Crippen molar-refractivity contribution in [3.05, 3.63) is 29.8 Å². The van der Waals surface area contributed by atoms with E-state index in [0.717, 1.165) is 5.56 Å². The highest BCUT2D eigenvalue weighted by Crippen LogP contribution is 2.22. The summed E-state index contributed by atoms with van der Waals surface area (Å²) in [6.07, 6.45) is 0.193. The highest BCUT2D eigenvalue weighted by molar-refractivity contribution is 7.99. The first-order valence-electron chi connectivity index (χ1n) is 6.37. The fourth-order valence-electron chi connectivity index (χ4n) is 1.93. The second-order valence-corrected chi connectivity index (χ2v) is 5.63. The second-order valence-electron chi connectivity index (χ2n) is 4.63. The first-order valence-corrected chi connectivity index (χ1v) is 7.53. The van der Waals surface area contributed by atoms with Crippen molar-refractivity contribution in [1.29, 1.82) is 0 Å². The van der Waals surface area contributed by atoms with Crippen LogP contribution >= 0.6 is 11.8 Å². The Morgan fingerprint density at radius 1 is 1.40 bits per heavy atom. The number of ether oxygens (including phenoxy) is 1. The van der Waals surface area contributed by atoms with Crippen LogP contribution < -0.4 is 4.74 Å².